The normalized spacial score (nSPS) is 18.3. The van der Waals surface area contributed by atoms with Crippen LogP contribution in [0.25, 0.3) is 0 Å². The minimum absolute atomic E-state index is 0.0805. The first-order valence-corrected chi connectivity index (χ1v) is 18.2. The molecule has 1 rings (SSSR count). The standard InChI is InChI=1S/C35H67N3O6/c1-3-5-7-9-11-13-15-17-21-29(39)27-38(28-30(40)22-18-16-14-12-10-8-6-4-2)26-20-19-23-31-34(43)37-32(35(44)36-31)24-25-33(41)42/h29-32,39-40H,3-28H2,1-2H3,(H,36,44)(H,37,43)(H,41,42). The number of carbonyl (C=O) groups is 3. The number of carboxylic acids is 1. The lowest BCUT2D eigenvalue weighted by molar-refractivity contribution is -0.140. The Balaban J connectivity index is 2.44. The molecule has 0 aromatic rings. The second kappa shape index (κ2) is 26.5. The van der Waals surface area contributed by atoms with Crippen LogP contribution in [-0.2, 0) is 14.4 Å². The maximum Gasteiger partial charge on any atom is 0.303 e. The van der Waals surface area contributed by atoms with Crippen molar-refractivity contribution in [1.29, 1.82) is 0 Å². The van der Waals surface area contributed by atoms with E-state index in [-0.39, 0.29) is 24.7 Å². The van der Waals surface area contributed by atoms with Crippen LogP contribution < -0.4 is 10.6 Å². The van der Waals surface area contributed by atoms with Crippen molar-refractivity contribution in [1.82, 2.24) is 15.5 Å². The summed E-state index contributed by atoms with van der Waals surface area (Å²) in [7, 11) is 0. The highest BCUT2D eigenvalue weighted by molar-refractivity contribution is 5.97. The third kappa shape index (κ3) is 21.1. The van der Waals surface area contributed by atoms with Gasteiger partial charge in [-0.3, -0.25) is 19.3 Å². The number of nitrogens with one attached hydrogen (secondary N) is 2. The Morgan fingerprint density at radius 3 is 1.48 bits per heavy atom. The maximum absolute atomic E-state index is 12.5. The van der Waals surface area contributed by atoms with E-state index in [9.17, 15) is 24.6 Å². The Hall–Kier alpha value is -1.71. The highest BCUT2D eigenvalue weighted by Crippen LogP contribution is 2.15. The van der Waals surface area contributed by atoms with E-state index >= 15 is 0 Å². The quantitative estimate of drug-likeness (QED) is 0.0609. The molecule has 4 atom stereocenters. The summed E-state index contributed by atoms with van der Waals surface area (Å²) in [4.78, 5) is 37.8. The largest absolute Gasteiger partial charge is 0.481 e. The van der Waals surface area contributed by atoms with E-state index in [1.165, 1.54) is 77.0 Å². The highest BCUT2D eigenvalue weighted by Gasteiger charge is 2.33. The van der Waals surface area contributed by atoms with E-state index in [2.05, 4.69) is 29.4 Å². The zero-order valence-electron chi connectivity index (χ0n) is 28.2. The molecule has 0 saturated carbocycles. The van der Waals surface area contributed by atoms with Crippen LogP contribution in [-0.4, -0.2) is 81.9 Å². The van der Waals surface area contributed by atoms with Crippen molar-refractivity contribution in [2.45, 2.75) is 186 Å². The van der Waals surface area contributed by atoms with Crippen LogP contribution in [0.2, 0.25) is 0 Å². The van der Waals surface area contributed by atoms with E-state index in [0.29, 0.717) is 26.1 Å². The number of aliphatic carboxylic acids is 1. The molecular formula is C35H67N3O6. The van der Waals surface area contributed by atoms with Crippen LogP contribution in [0.15, 0.2) is 0 Å². The van der Waals surface area contributed by atoms with E-state index in [1.807, 2.05) is 0 Å². The average Bonchev–Trinajstić information content (AvgIpc) is 2.98. The average molecular weight is 626 g/mol. The van der Waals surface area contributed by atoms with Crippen LogP contribution >= 0.6 is 0 Å². The Morgan fingerprint density at radius 1 is 0.636 bits per heavy atom. The zero-order chi connectivity index (χ0) is 32.4. The number of hydrogen-bond acceptors (Lipinski definition) is 6. The molecular weight excluding hydrogens is 558 g/mol. The Bertz CT molecular complexity index is 724. The van der Waals surface area contributed by atoms with E-state index < -0.39 is 30.3 Å². The van der Waals surface area contributed by atoms with Crippen molar-refractivity contribution in [2.75, 3.05) is 19.6 Å². The Morgan fingerprint density at radius 2 is 1.05 bits per heavy atom. The lowest BCUT2D eigenvalue weighted by Crippen LogP contribution is -2.61. The third-order valence-corrected chi connectivity index (χ3v) is 8.85. The van der Waals surface area contributed by atoms with Crippen molar-refractivity contribution >= 4 is 17.8 Å². The van der Waals surface area contributed by atoms with Gasteiger partial charge in [0.05, 0.1) is 12.2 Å². The predicted octanol–water partition coefficient (Wildman–Crippen LogP) is 6.09. The van der Waals surface area contributed by atoms with Gasteiger partial charge in [0.15, 0.2) is 0 Å². The maximum atomic E-state index is 12.5. The molecule has 0 aromatic carbocycles. The number of carbonyl (C=O) groups excluding carboxylic acids is 2. The van der Waals surface area contributed by atoms with Crippen LogP contribution in [0.4, 0.5) is 0 Å². The van der Waals surface area contributed by atoms with Gasteiger partial charge in [0.2, 0.25) is 11.8 Å². The first-order chi connectivity index (χ1) is 21.3. The van der Waals surface area contributed by atoms with Gasteiger partial charge in [-0.25, -0.2) is 0 Å². The van der Waals surface area contributed by atoms with Gasteiger partial charge in [0.25, 0.3) is 0 Å². The van der Waals surface area contributed by atoms with E-state index in [4.69, 9.17) is 5.11 Å². The monoisotopic (exact) mass is 626 g/mol. The van der Waals surface area contributed by atoms with Gasteiger partial charge in [0.1, 0.15) is 12.1 Å². The van der Waals surface area contributed by atoms with Gasteiger partial charge in [-0.2, -0.15) is 0 Å². The van der Waals surface area contributed by atoms with Gasteiger partial charge >= 0.3 is 5.97 Å². The summed E-state index contributed by atoms with van der Waals surface area (Å²) in [6.07, 6.45) is 22.4. The molecule has 0 aliphatic carbocycles. The Labute approximate surface area is 268 Å². The SMILES string of the molecule is CCCCCCCCCCC(O)CN(CCCCC1NC(=O)C(CCC(=O)O)NC1=O)CC(O)CCCCCCCCCC. The van der Waals surface area contributed by atoms with Gasteiger partial charge in [-0.05, 0) is 45.1 Å². The molecule has 44 heavy (non-hydrogen) atoms. The number of rotatable bonds is 30. The van der Waals surface area contributed by atoms with Gasteiger partial charge in [-0.1, -0.05) is 117 Å². The number of piperazine rings is 1. The number of carboxylic acid groups (broad SMARTS) is 1. The molecule has 1 aliphatic heterocycles. The molecule has 9 heteroatoms. The van der Waals surface area contributed by atoms with E-state index in [0.717, 1.165) is 51.4 Å². The molecule has 4 unspecified atom stereocenters. The van der Waals surface area contributed by atoms with Crippen LogP contribution in [0.5, 0.6) is 0 Å². The summed E-state index contributed by atoms with van der Waals surface area (Å²) in [5.41, 5.74) is 0. The molecule has 0 radical (unpaired) electrons. The van der Waals surface area contributed by atoms with Crippen molar-refractivity contribution in [2.24, 2.45) is 0 Å². The predicted molar refractivity (Wildman–Crippen MR) is 177 cm³/mol. The summed E-state index contributed by atoms with van der Waals surface area (Å²) in [5.74, 6) is -1.59. The zero-order valence-corrected chi connectivity index (χ0v) is 28.2. The molecule has 0 aromatic heterocycles. The molecule has 0 spiro atoms. The minimum Gasteiger partial charge on any atom is -0.481 e. The van der Waals surface area contributed by atoms with Gasteiger partial charge in [-0.15, -0.1) is 0 Å². The van der Waals surface area contributed by atoms with Crippen LogP contribution in [0, 0.1) is 0 Å². The highest BCUT2D eigenvalue weighted by atomic mass is 16.4. The van der Waals surface area contributed by atoms with Crippen molar-refractivity contribution in [3.63, 3.8) is 0 Å². The topological polar surface area (TPSA) is 139 Å². The first-order valence-electron chi connectivity index (χ1n) is 18.2. The summed E-state index contributed by atoms with van der Waals surface area (Å²) in [5, 5.41) is 35.9. The summed E-state index contributed by atoms with van der Waals surface area (Å²) in [6.45, 7) is 6.26. The van der Waals surface area contributed by atoms with Crippen LogP contribution in [0.3, 0.4) is 0 Å². The molecule has 9 nitrogen and oxygen atoms in total. The number of aliphatic hydroxyl groups excluding tert-OH is 2. The van der Waals surface area contributed by atoms with Crippen molar-refractivity contribution in [3.05, 3.63) is 0 Å². The lowest BCUT2D eigenvalue weighted by atomic mass is 10.0. The number of unbranched alkanes of at least 4 members (excludes halogenated alkanes) is 15. The second-order valence-electron chi connectivity index (χ2n) is 13.1. The minimum atomic E-state index is -0.996. The molecule has 0 bridgehead atoms. The van der Waals surface area contributed by atoms with E-state index in [1.54, 1.807) is 0 Å². The first kappa shape index (κ1) is 40.3. The molecule has 1 fully saturated rings. The molecule has 258 valence electrons. The smallest absolute Gasteiger partial charge is 0.303 e. The van der Waals surface area contributed by atoms with Crippen LogP contribution in [0.1, 0.15) is 162 Å². The molecule has 5 N–H and O–H groups in total. The number of amides is 2. The number of nitrogens with zero attached hydrogens (tertiary/aromatic N) is 1. The fraction of sp³-hybridized carbons (Fsp3) is 0.914. The van der Waals surface area contributed by atoms with Crippen molar-refractivity contribution < 1.29 is 29.7 Å². The molecule has 1 aliphatic rings. The number of aliphatic hydroxyl groups is 2. The fourth-order valence-electron chi connectivity index (χ4n) is 6.10. The summed E-state index contributed by atoms with van der Waals surface area (Å²) < 4.78 is 0. The third-order valence-electron chi connectivity index (χ3n) is 8.85. The number of hydrogen-bond donors (Lipinski definition) is 5. The lowest BCUT2D eigenvalue weighted by Gasteiger charge is -2.30. The molecule has 1 saturated heterocycles. The Kier molecular flexibility index (Phi) is 24.3. The summed E-state index contributed by atoms with van der Waals surface area (Å²) >= 11 is 0. The second-order valence-corrected chi connectivity index (χ2v) is 13.1. The van der Waals surface area contributed by atoms with Gasteiger partial charge in [0, 0.05) is 19.5 Å². The van der Waals surface area contributed by atoms with Gasteiger partial charge < -0.3 is 26.0 Å². The van der Waals surface area contributed by atoms with Crippen molar-refractivity contribution in [3.8, 4) is 0 Å². The molecule has 2 amide bonds. The molecule has 1 heterocycles. The fourth-order valence-corrected chi connectivity index (χ4v) is 6.10. The summed E-state index contributed by atoms with van der Waals surface area (Å²) in [6, 6.07) is -1.41.